The Morgan fingerprint density at radius 1 is 1.42 bits per heavy atom. The highest BCUT2D eigenvalue weighted by molar-refractivity contribution is 5.93. The van der Waals surface area contributed by atoms with Gasteiger partial charge in [-0.2, -0.15) is 0 Å². The topological polar surface area (TPSA) is 81.4 Å². The van der Waals surface area contributed by atoms with E-state index < -0.39 is 23.3 Å². The molecule has 0 saturated heterocycles. The van der Waals surface area contributed by atoms with Crippen molar-refractivity contribution < 1.29 is 19.0 Å². The van der Waals surface area contributed by atoms with E-state index in [4.69, 9.17) is 4.74 Å². The number of halogens is 1. The summed E-state index contributed by atoms with van der Waals surface area (Å²) in [7, 11) is 0. The van der Waals surface area contributed by atoms with Crippen LogP contribution in [0.5, 0.6) is 0 Å². The van der Waals surface area contributed by atoms with Gasteiger partial charge in [0, 0.05) is 12.2 Å². The van der Waals surface area contributed by atoms with Gasteiger partial charge in [-0.15, -0.1) is 0 Å². The zero-order valence-corrected chi connectivity index (χ0v) is 14.4. The van der Waals surface area contributed by atoms with Gasteiger partial charge in [-0.05, 0) is 44.2 Å². The van der Waals surface area contributed by atoms with Crippen LogP contribution in [-0.2, 0) is 4.74 Å². The molecular formula is C19H19FN2O4. The number of hydrogen-bond donors (Lipinski definition) is 1. The lowest BCUT2D eigenvalue weighted by Crippen LogP contribution is -2.22. The molecule has 2 aliphatic carbocycles. The van der Waals surface area contributed by atoms with Gasteiger partial charge >= 0.3 is 5.97 Å². The van der Waals surface area contributed by atoms with Crippen molar-refractivity contribution in [3.63, 3.8) is 0 Å². The Labute approximate surface area is 148 Å². The minimum atomic E-state index is -0.708. The lowest BCUT2D eigenvalue weighted by molar-refractivity contribution is 0.0524. The SMILES string of the molecule is CCOC(=O)c1cn(C2CC2)c2nc(C3=CC(O)CC3)c(F)cc2c1=O. The number of fused-ring (bicyclic) bond motifs is 1. The summed E-state index contributed by atoms with van der Waals surface area (Å²) in [5, 5.41) is 9.75. The molecule has 136 valence electrons. The zero-order valence-electron chi connectivity index (χ0n) is 14.4. The molecule has 2 aromatic heterocycles. The molecule has 26 heavy (non-hydrogen) atoms. The molecule has 0 bridgehead atoms. The number of carbonyl (C=O) groups excluding carboxylic acids is 1. The normalized spacial score (nSPS) is 19.7. The van der Waals surface area contributed by atoms with Crippen molar-refractivity contribution in [2.75, 3.05) is 6.61 Å². The summed E-state index contributed by atoms with van der Waals surface area (Å²) >= 11 is 0. The molecule has 1 saturated carbocycles. The summed E-state index contributed by atoms with van der Waals surface area (Å²) in [6.07, 6.45) is 5.37. The minimum Gasteiger partial charge on any atom is -0.462 e. The van der Waals surface area contributed by atoms with Gasteiger partial charge in [-0.3, -0.25) is 4.79 Å². The molecule has 2 heterocycles. The molecule has 1 N–H and O–H groups in total. The third-order valence-electron chi connectivity index (χ3n) is 4.80. The Kier molecular flexibility index (Phi) is 4.11. The van der Waals surface area contributed by atoms with Crippen molar-refractivity contribution in [3.8, 4) is 0 Å². The summed E-state index contributed by atoms with van der Waals surface area (Å²) in [5.74, 6) is -1.33. The van der Waals surface area contributed by atoms with Crippen molar-refractivity contribution in [1.29, 1.82) is 0 Å². The summed E-state index contributed by atoms with van der Waals surface area (Å²) in [6.45, 7) is 1.82. The number of nitrogens with zero attached hydrogens (tertiary/aromatic N) is 2. The fraction of sp³-hybridized carbons (Fsp3) is 0.421. The van der Waals surface area contributed by atoms with Crippen LogP contribution >= 0.6 is 0 Å². The maximum absolute atomic E-state index is 14.7. The first-order chi connectivity index (χ1) is 12.5. The average Bonchev–Trinajstić information content (AvgIpc) is 3.36. The van der Waals surface area contributed by atoms with Crippen LogP contribution in [0.15, 0.2) is 23.1 Å². The van der Waals surface area contributed by atoms with E-state index in [2.05, 4.69) is 4.98 Å². The third-order valence-corrected chi connectivity index (χ3v) is 4.80. The summed E-state index contributed by atoms with van der Waals surface area (Å²) in [4.78, 5) is 29.2. The van der Waals surface area contributed by atoms with Gasteiger partial charge in [0.2, 0.25) is 5.43 Å². The third kappa shape index (κ3) is 2.82. The Hall–Kier alpha value is -2.54. The Bertz CT molecular complexity index is 991. The first-order valence-corrected chi connectivity index (χ1v) is 8.81. The van der Waals surface area contributed by atoms with E-state index in [-0.39, 0.29) is 29.3 Å². The Morgan fingerprint density at radius 2 is 2.19 bits per heavy atom. The van der Waals surface area contributed by atoms with Gasteiger partial charge in [0.25, 0.3) is 0 Å². The number of allylic oxidation sites excluding steroid dienone is 1. The molecule has 1 unspecified atom stereocenters. The molecule has 0 amide bonds. The van der Waals surface area contributed by atoms with Crippen LogP contribution in [0.25, 0.3) is 16.6 Å². The number of rotatable bonds is 4. The van der Waals surface area contributed by atoms with Crippen molar-refractivity contribution in [1.82, 2.24) is 9.55 Å². The van der Waals surface area contributed by atoms with Gasteiger partial charge in [0.15, 0.2) is 0 Å². The molecular weight excluding hydrogens is 339 g/mol. The molecule has 2 aromatic rings. The summed E-state index contributed by atoms with van der Waals surface area (Å²) in [5.41, 5.74) is 0.488. The molecule has 1 fully saturated rings. The second-order valence-corrected chi connectivity index (χ2v) is 6.72. The number of esters is 1. The number of ether oxygens (including phenoxy) is 1. The first-order valence-electron chi connectivity index (χ1n) is 8.81. The highest BCUT2D eigenvalue weighted by Gasteiger charge is 2.29. The van der Waals surface area contributed by atoms with Crippen LogP contribution in [0.3, 0.4) is 0 Å². The van der Waals surface area contributed by atoms with E-state index in [0.717, 1.165) is 18.9 Å². The van der Waals surface area contributed by atoms with Crippen LogP contribution in [0.2, 0.25) is 0 Å². The average molecular weight is 358 g/mol. The minimum absolute atomic E-state index is 0.0721. The highest BCUT2D eigenvalue weighted by Crippen LogP contribution is 2.37. The van der Waals surface area contributed by atoms with Crippen LogP contribution in [0, 0.1) is 5.82 Å². The van der Waals surface area contributed by atoms with Crippen molar-refractivity contribution in [3.05, 3.63) is 45.6 Å². The molecule has 2 aliphatic rings. The van der Waals surface area contributed by atoms with Crippen LogP contribution in [-0.4, -0.2) is 33.3 Å². The number of aliphatic hydroxyl groups is 1. The van der Waals surface area contributed by atoms with Gasteiger partial charge in [-0.25, -0.2) is 14.2 Å². The van der Waals surface area contributed by atoms with Crippen LogP contribution < -0.4 is 5.43 Å². The fourth-order valence-corrected chi connectivity index (χ4v) is 3.36. The van der Waals surface area contributed by atoms with Crippen molar-refractivity contribution in [2.45, 2.75) is 44.8 Å². The first kappa shape index (κ1) is 16.9. The smallest absolute Gasteiger partial charge is 0.343 e. The second-order valence-electron chi connectivity index (χ2n) is 6.72. The standard InChI is InChI=1S/C19H19FN2O4/c1-2-26-19(25)14-9-22(11-4-5-11)18-13(17(14)24)8-15(20)16(21-18)10-3-6-12(23)7-10/h7-9,11-12,23H,2-6H2,1H3. The number of hydrogen-bond acceptors (Lipinski definition) is 5. The molecule has 0 aromatic carbocycles. The quantitative estimate of drug-likeness (QED) is 0.850. The molecule has 6 nitrogen and oxygen atoms in total. The summed E-state index contributed by atoms with van der Waals surface area (Å²) in [6, 6.07) is 1.29. The number of aromatic nitrogens is 2. The maximum Gasteiger partial charge on any atom is 0.343 e. The van der Waals surface area contributed by atoms with Gasteiger partial charge < -0.3 is 14.4 Å². The largest absolute Gasteiger partial charge is 0.462 e. The van der Waals surface area contributed by atoms with Crippen LogP contribution in [0.4, 0.5) is 4.39 Å². The highest BCUT2D eigenvalue weighted by atomic mass is 19.1. The number of carbonyl (C=O) groups is 1. The number of aliphatic hydroxyl groups excluding tert-OH is 1. The van der Waals surface area contributed by atoms with Gasteiger partial charge in [0.1, 0.15) is 22.7 Å². The van der Waals surface area contributed by atoms with E-state index >= 15 is 0 Å². The van der Waals surface area contributed by atoms with E-state index in [1.165, 1.54) is 6.20 Å². The molecule has 7 heteroatoms. The van der Waals surface area contributed by atoms with E-state index in [9.17, 15) is 19.1 Å². The molecule has 0 aliphatic heterocycles. The monoisotopic (exact) mass is 358 g/mol. The van der Waals surface area contributed by atoms with Crippen LogP contribution in [0.1, 0.15) is 54.7 Å². The number of pyridine rings is 2. The predicted octanol–water partition coefficient (Wildman–Crippen LogP) is 2.59. The lowest BCUT2D eigenvalue weighted by Gasteiger charge is -2.13. The van der Waals surface area contributed by atoms with E-state index in [1.54, 1.807) is 17.6 Å². The fourth-order valence-electron chi connectivity index (χ4n) is 3.36. The lowest BCUT2D eigenvalue weighted by atomic mass is 10.1. The van der Waals surface area contributed by atoms with Crippen molar-refractivity contribution in [2.24, 2.45) is 0 Å². The predicted molar refractivity (Wildman–Crippen MR) is 93.4 cm³/mol. The molecule has 0 spiro atoms. The van der Waals surface area contributed by atoms with Crippen molar-refractivity contribution >= 4 is 22.6 Å². The van der Waals surface area contributed by atoms with Gasteiger partial charge in [0.05, 0.1) is 18.1 Å². The van der Waals surface area contributed by atoms with E-state index in [1.807, 2.05) is 0 Å². The molecule has 4 rings (SSSR count). The zero-order chi connectivity index (χ0) is 18.4. The Morgan fingerprint density at radius 3 is 2.81 bits per heavy atom. The van der Waals surface area contributed by atoms with Gasteiger partial charge in [-0.1, -0.05) is 6.08 Å². The second kappa shape index (κ2) is 6.32. The Balaban J connectivity index is 1.94. The maximum atomic E-state index is 14.7. The van der Waals surface area contributed by atoms with E-state index in [0.29, 0.717) is 24.1 Å². The molecule has 1 atom stereocenters. The summed E-state index contributed by atoms with van der Waals surface area (Å²) < 4.78 is 21.4. The molecule has 0 radical (unpaired) electrons.